The fourth-order valence-electron chi connectivity index (χ4n) is 5.32. The van der Waals surface area contributed by atoms with Crippen molar-refractivity contribution >= 4 is 16.8 Å². The molecule has 5 rings (SSSR count). The molecule has 7 heteroatoms. The van der Waals surface area contributed by atoms with E-state index in [1.54, 1.807) is 14.2 Å². The molecule has 1 amide bonds. The lowest BCUT2D eigenvalue weighted by Crippen LogP contribution is -2.39. The Bertz CT molecular complexity index is 1420. The van der Waals surface area contributed by atoms with Gasteiger partial charge in [-0.05, 0) is 74.3 Å². The summed E-state index contributed by atoms with van der Waals surface area (Å²) in [6, 6.07) is 20.1. The summed E-state index contributed by atoms with van der Waals surface area (Å²) in [5.41, 5.74) is 5.23. The van der Waals surface area contributed by atoms with Gasteiger partial charge < -0.3 is 29.0 Å². The standard InChI is InChI=1S/C32H37N3O4/c1-34(16-7-17-35-19-15-26-27(32(35)36)11-13-30(37-2)31(26)38-3)18-14-24-21-33-29-12-10-25(20-28(24)29)39-22-23-8-5-4-6-9-23/h4-6,8-13,20-21,33H,7,14-19,22H2,1-3H3. The number of methoxy groups -OCH3 is 2. The molecule has 0 aliphatic carbocycles. The van der Waals surface area contributed by atoms with Crippen molar-refractivity contribution < 1.29 is 19.0 Å². The zero-order valence-corrected chi connectivity index (χ0v) is 23.0. The smallest absolute Gasteiger partial charge is 0.254 e. The van der Waals surface area contributed by atoms with Crippen molar-refractivity contribution in [2.75, 3.05) is 47.4 Å². The van der Waals surface area contributed by atoms with Crippen molar-refractivity contribution in [1.29, 1.82) is 0 Å². The van der Waals surface area contributed by atoms with E-state index in [1.165, 1.54) is 10.9 Å². The number of carbonyl (C=O) groups excluding carboxylic acids is 1. The van der Waals surface area contributed by atoms with E-state index in [9.17, 15) is 4.79 Å². The van der Waals surface area contributed by atoms with Crippen LogP contribution in [0.25, 0.3) is 10.9 Å². The molecular formula is C32H37N3O4. The second kappa shape index (κ2) is 12.3. The first kappa shape index (κ1) is 26.6. The maximum absolute atomic E-state index is 13.1. The van der Waals surface area contributed by atoms with Crippen LogP contribution in [0, 0.1) is 0 Å². The molecule has 0 fully saturated rings. The Morgan fingerprint density at radius 3 is 2.64 bits per heavy atom. The number of aromatic nitrogens is 1. The maximum Gasteiger partial charge on any atom is 0.254 e. The van der Waals surface area contributed by atoms with Crippen molar-refractivity contribution in [2.45, 2.75) is 25.9 Å². The number of carbonyl (C=O) groups is 1. The van der Waals surface area contributed by atoms with Gasteiger partial charge in [-0.1, -0.05) is 30.3 Å². The average Bonchev–Trinajstić information content (AvgIpc) is 3.38. The molecule has 1 N–H and O–H groups in total. The first-order valence-electron chi connectivity index (χ1n) is 13.6. The molecule has 0 bridgehead atoms. The third-order valence-electron chi connectivity index (χ3n) is 7.52. The minimum atomic E-state index is 0.0731. The molecule has 39 heavy (non-hydrogen) atoms. The maximum atomic E-state index is 13.1. The number of hydrogen-bond acceptors (Lipinski definition) is 5. The zero-order chi connectivity index (χ0) is 27.2. The fraction of sp³-hybridized carbons (Fsp3) is 0.344. The molecule has 0 saturated heterocycles. The summed E-state index contributed by atoms with van der Waals surface area (Å²) in [7, 11) is 5.39. The molecule has 0 unspecified atom stereocenters. The number of hydrogen-bond donors (Lipinski definition) is 1. The molecule has 0 spiro atoms. The van der Waals surface area contributed by atoms with Crippen molar-refractivity contribution in [3.05, 3.63) is 89.1 Å². The molecule has 1 aromatic heterocycles. The number of likely N-dealkylation sites (N-methyl/N-ethyl adjacent to an activating group) is 1. The Morgan fingerprint density at radius 2 is 1.85 bits per heavy atom. The van der Waals surface area contributed by atoms with Gasteiger partial charge in [-0.25, -0.2) is 0 Å². The van der Waals surface area contributed by atoms with Gasteiger partial charge in [0.25, 0.3) is 5.91 Å². The second-order valence-electron chi connectivity index (χ2n) is 10.1. The molecule has 204 valence electrons. The summed E-state index contributed by atoms with van der Waals surface area (Å²) in [6.45, 7) is 3.86. The first-order valence-corrected chi connectivity index (χ1v) is 13.6. The van der Waals surface area contributed by atoms with Crippen LogP contribution in [0.2, 0.25) is 0 Å². The van der Waals surface area contributed by atoms with Crippen molar-refractivity contribution in [1.82, 2.24) is 14.8 Å². The van der Waals surface area contributed by atoms with Crippen LogP contribution in [0.4, 0.5) is 0 Å². The van der Waals surface area contributed by atoms with E-state index in [2.05, 4.69) is 47.4 Å². The molecule has 0 saturated carbocycles. The summed E-state index contributed by atoms with van der Waals surface area (Å²) in [6.07, 6.45) is 4.74. The van der Waals surface area contributed by atoms with Gasteiger partial charge in [0.2, 0.25) is 0 Å². The number of benzene rings is 3. The van der Waals surface area contributed by atoms with Crippen molar-refractivity contribution in [2.24, 2.45) is 0 Å². The van der Waals surface area contributed by atoms with Gasteiger partial charge >= 0.3 is 0 Å². The van der Waals surface area contributed by atoms with Gasteiger partial charge in [0, 0.05) is 47.9 Å². The highest BCUT2D eigenvalue weighted by molar-refractivity contribution is 5.98. The highest BCUT2D eigenvalue weighted by Gasteiger charge is 2.28. The van der Waals surface area contributed by atoms with Gasteiger partial charge in [-0.15, -0.1) is 0 Å². The lowest BCUT2D eigenvalue weighted by molar-refractivity contribution is 0.0731. The zero-order valence-electron chi connectivity index (χ0n) is 23.0. The normalized spacial score (nSPS) is 13.1. The molecule has 2 heterocycles. The van der Waals surface area contributed by atoms with Crippen LogP contribution in [-0.4, -0.2) is 68.1 Å². The highest BCUT2D eigenvalue weighted by atomic mass is 16.5. The number of fused-ring (bicyclic) bond motifs is 2. The minimum Gasteiger partial charge on any atom is -0.493 e. The summed E-state index contributed by atoms with van der Waals surface area (Å²) in [4.78, 5) is 20.8. The van der Waals surface area contributed by atoms with Crippen LogP contribution in [0.5, 0.6) is 17.2 Å². The lowest BCUT2D eigenvalue weighted by Gasteiger charge is -2.30. The first-order chi connectivity index (χ1) is 19.1. The van der Waals surface area contributed by atoms with Crippen molar-refractivity contribution in [3.8, 4) is 17.2 Å². The Kier molecular flexibility index (Phi) is 8.37. The lowest BCUT2D eigenvalue weighted by atomic mass is 9.97. The van der Waals surface area contributed by atoms with Gasteiger partial charge in [0.1, 0.15) is 12.4 Å². The topological polar surface area (TPSA) is 67.0 Å². The van der Waals surface area contributed by atoms with Gasteiger partial charge in [-0.2, -0.15) is 0 Å². The number of aromatic amines is 1. The molecular weight excluding hydrogens is 490 g/mol. The Labute approximate surface area is 230 Å². The molecule has 1 aliphatic rings. The fourth-order valence-corrected chi connectivity index (χ4v) is 5.32. The summed E-state index contributed by atoms with van der Waals surface area (Å²) in [5.74, 6) is 2.30. The van der Waals surface area contributed by atoms with Crippen LogP contribution in [0.1, 0.15) is 33.5 Å². The van der Waals surface area contributed by atoms with Crippen LogP contribution >= 0.6 is 0 Å². The number of nitrogens with zero attached hydrogens (tertiary/aromatic N) is 2. The van der Waals surface area contributed by atoms with E-state index < -0.39 is 0 Å². The van der Waals surface area contributed by atoms with E-state index in [0.717, 1.165) is 66.9 Å². The van der Waals surface area contributed by atoms with E-state index in [-0.39, 0.29) is 5.91 Å². The van der Waals surface area contributed by atoms with Crippen LogP contribution in [0.3, 0.4) is 0 Å². The third kappa shape index (κ3) is 6.04. The summed E-state index contributed by atoms with van der Waals surface area (Å²) in [5, 5.41) is 1.21. The molecule has 0 radical (unpaired) electrons. The molecule has 3 aromatic carbocycles. The predicted molar refractivity (Wildman–Crippen MR) is 154 cm³/mol. The third-order valence-corrected chi connectivity index (χ3v) is 7.52. The van der Waals surface area contributed by atoms with E-state index in [4.69, 9.17) is 14.2 Å². The molecule has 4 aromatic rings. The molecule has 1 aliphatic heterocycles. The molecule has 0 atom stereocenters. The average molecular weight is 528 g/mol. The van der Waals surface area contributed by atoms with E-state index in [1.807, 2.05) is 41.3 Å². The molecule has 7 nitrogen and oxygen atoms in total. The summed E-state index contributed by atoms with van der Waals surface area (Å²) >= 11 is 0. The number of ether oxygens (including phenoxy) is 3. The van der Waals surface area contributed by atoms with Gasteiger partial charge in [-0.3, -0.25) is 4.79 Å². The second-order valence-corrected chi connectivity index (χ2v) is 10.1. The minimum absolute atomic E-state index is 0.0731. The Hall–Kier alpha value is -3.97. The highest BCUT2D eigenvalue weighted by Crippen LogP contribution is 2.36. The quantitative estimate of drug-likeness (QED) is 0.270. The number of nitrogens with one attached hydrogen (secondary N) is 1. The Morgan fingerprint density at radius 1 is 1.00 bits per heavy atom. The predicted octanol–water partition coefficient (Wildman–Crippen LogP) is 5.33. The Balaban J connectivity index is 1.11. The van der Waals surface area contributed by atoms with Crippen LogP contribution in [0.15, 0.2) is 66.9 Å². The number of H-pyrrole nitrogens is 1. The SMILES string of the molecule is COc1ccc2c(c1OC)CCN(CCCN(C)CCc1c[nH]c3ccc(OCc4ccccc4)cc13)C2=O. The summed E-state index contributed by atoms with van der Waals surface area (Å²) < 4.78 is 17.0. The van der Waals surface area contributed by atoms with Crippen LogP contribution < -0.4 is 14.2 Å². The van der Waals surface area contributed by atoms with Crippen LogP contribution in [-0.2, 0) is 19.4 Å². The van der Waals surface area contributed by atoms with E-state index in [0.29, 0.717) is 24.7 Å². The number of rotatable bonds is 12. The van der Waals surface area contributed by atoms with E-state index >= 15 is 0 Å². The monoisotopic (exact) mass is 527 g/mol. The van der Waals surface area contributed by atoms with Gasteiger partial charge in [0.05, 0.1) is 14.2 Å². The van der Waals surface area contributed by atoms with Crippen molar-refractivity contribution in [3.63, 3.8) is 0 Å². The number of amides is 1. The van der Waals surface area contributed by atoms with Gasteiger partial charge in [0.15, 0.2) is 11.5 Å². The largest absolute Gasteiger partial charge is 0.493 e.